The largest absolute Gasteiger partial charge is 0.367 e. The summed E-state index contributed by atoms with van der Waals surface area (Å²) in [6, 6.07) is 0.154. The predicted octanol–water partition coefficient (Wildman–Crippen LogP) is 3.25. The van der Waals surface area contributed by atoms with Crippen molar-refractivity contribution in [2.75, 3.05) is 6.61 Å². The van der Waals surface area contributed by atoms with E-state index >= 15 is 0 Å². The maximum atomic E-state index is 6.23. The third-order valence-electron chi connectivity index (χ3n) is 5.07. The Labute approximate surface area is 126 Å². The summed E-state index contributed by atoms with van der Waals surface area (Å²) < 4.78 is 11.6. The minimum absolute atomic E-state index is 0.154. The minimum atomic E-state index is -0.326. The van der Waals surface area contributed by atoms with Crippen molar-refractivity contribution in [3.63, 3.8) is 0 Å². The monoisotopic (exact) mass is 293 g/mol. The van der Waals surface area contributed by atoms with Crippen molar-refractivity contribution < 1.29 is 9.26 Å². The van der Waals surface area contributed by atoms with Gasteiger partial charge in [0.15, 0.2) is 0 Å². The summed E-state index contributed by atoms with van der Waals surface area (Å²) in [7, 11) is 0. The van der Waals surface area contributed by atoms with E-state index in [4.69, 9.17) is 20.0 Å². The first-order valence-electron chi connectivity index (χ1n) is 8.49. The van der Waals surface area contributed by atoms with E-state index in [-0.39, 0.29) is 17.6 Å². The molecule has 21 heavy (non-hydrogen) atoms. The molecule has 2 fully saturated rings. The second-order valence-corrected chi connectivity index (χ2v) is 6.50. The zero-order valence-electron chi connectivity index (χ0n) is 13.0. The van der Waals surface area contributed by atoms with Crippen LogP contribution in [0.25, 0.3) is 0 Å². The minimum Gasteiger partial charge on any atom is -0.367 e. The van der Waals surface area contributed by atoms with Gasteiger partial charge in [-0.25, -0.2) is 0 Å². The van der Waals surface area contributed by atoms with E-state index in [0.717, 1.165) is 37.4 Å². The van der Waals surface area contributed by atoms with Gasteiger partial charge in [-0.05, 0) is 32.6 Å². The molecule has 1 heterocycles. The summed E-state index contributed by atoms with van der Waals surface area (Å²) in [6.45, 7) is 2.72. The van der Waals surface area contributed by atoms with Crippen LogP contribution < -0.4 is 5.73 Å². The maximum Gasteiger partial charge on any atom is 0.231 e. The molecule has 3 rings (SSSR count). The molecule has 0 radical (unpaired) electrons. The lowest BCUT2D eigenvalue weighted by atomic mass is 9.83. The van der Waals surface area contributed by atoms with Crippen LogP contribution >= 0.6 is 0 Å². The van der Waals surface area contributed by atoms with Crippen LogP contribution in [0.1, 0.15) is 82.3 Å². The summed E-state index contributed by atoms with van der Waals surface area (Å²) in [4.78, 5) is 4.72. The van der Waals surface area contributed by atoms with Crippen molar-refractivity contribution >= 4 is 0 Å². The zero-order valence-corrected chi connectivity index (χ0v) is 13.0. The summed E-state index contributed by atoms with van der Waals surface area (Å²) in [5, 5.41) is 4.27. The topological polar surface area (TPSA) is 74.2 Å². The molecule has 2 saturated carbocycles. The first kappa shape index (κ1) is 15.0. The molecular formula is C16H27N3O2. The van der Waals surface area contributed by atoms with Gasteiger partial charge in [-0.15, -0.1) is 0 Å². The Morgan fingerprint density at radius 2 is 1.95 bits per heavy atom. The number of ether oxygens (including phenoxy) is 1. The van der Waals surface area contributed by atoms with Gasteiger partial charge >= 0.3 is 0 Å². The van der Waals surface area contributed by atoms with E-state index in [0.29, 0.717) is 6.61 Å². The molecule has 0 spiro atoms. The van der Waals surface area contributed by atoms with Crippen LogP contribution in [0.2, 0.25) is 0 Å². The Morgan fingerprint density at radius 1 is 1.19 bits per heavy atom. The Morgan fingerprint density at radius 3 is 2.67 bits per heavy atom. The molecule has 5 heteroatoms. The van der Waals surface area contributed by atoms with Crippen molar-refractivity contribution in [3.05, 3.63) is 11.7 Å². The van der Waals surface area contributed by atoms with Gasteiger partial charge in [0.2, 0.25) is 11.7 Å². The molecule has 2 atom stereocenters. The van der Waals surface area contributed by atoms with E-state index in [9.17, 15) is 0 Å². The van der Waals surface area contributed by atoms with Gasteiger partial charge < -0.3 is 15.0 Å². The number of hydrogen-bond donors (Lipinski definition) is 1. The number of aromatic nitrogens is 2. The first-order chi connectivity index (χ1) is 10.2. The Hall–Kier alpha value is -0.940. The summed E-state index contributed by atoms with van der Waals surface area (Å²) >= 11 is 0. The van der Waals surface area contributed by atoms with Crippen molar-refractivity contribution in [2.24, 2.45) is 5.73 Å². The quantitative estimate of drug-likeness (QED) is 0.922. The highest BCUT2D eigenvalue weighted by molar-refractivity contribution is 5.07. The van der Waals surface area contributed by atoms with Crippen LogP contribution in [0, 0.1) is 0 Å². The van der Waals surface area contributed by atoms with Gasteiger partial charge in [-0.3, -0.25) is 0 Å². The third kappa shape index (κ3) is 2.99. The highest BCUT2D eigenvalue weighted by Gasteiger charge is 2.40. The van der Waals surface area contributed by atoms with E-state index in [1.807, 2.05) is 6.92 Å². The molecule has 0 saturated heterocycles. The van der Waals surface area contributed by atoms with Gasteiger partial charge in [-0.2, -0.15) is 4.98 Å². The fourth-order valence-corrected chi connectivity index (χ4v) is 3.87. The first-order valence-corrected chi connectivity index (χ1v) is 8.49. The van der Waals surface area contributed by atoms with Gasteiger partial charge in [0.1, 0.15) is 5.60 Å². The summed E-state index contributed by atoms with van der Waals surface area (Å²) in [6.07, 6.45) is 10.1. The smallest absolute Gasteiger partial charge is 0.231 e. The Bertz CT molecular complexity index is 449. The van der Waals surface area contributed by atoms with E-state index in [1.54, 1.807) is 0 Å². The highest BCUT2D eigenvalue weighted by atomic mass is 16.5. The molecule has 2 aliphatic rings. The lowest BCUT2D eigenvalue weighted by Crippen LogP contribution is -2.34. The molecule has 2 aliphatic carbocycles. The van der Waals surface area contributed by atoms with Crippen molar-refractivity contribution in [1.29, 1.82) is 0 Å². The van der Waals surface area contributed by atoms with Crippen molar-refractivity contribution in [2.45, 2.75) is 82.3 Å². The lowest BCUT2D eigenvalue weighted by Gasteiger charge is -2.34. The van der Waals surface area contributed by atoms with Crippen LogP contribution in [-0.2, 0) is 10.3 Å². The zero-order chi connectivity index (χ0) is 14.7. The number of rotatable bonds is 4. The fourth-order valence-electron chi connectivity index (χ4n) is 3.87. The van der Waals surface area contributed by atoms with Crippen LogP contribution in [0.5, 0.6) is 0 Å². The lowest BCUT2D eigenvalue weighted by molar-refractivity contribution is -0.0777. The fraction of sp³-hybridized carbons (Fsp3) is 0.875. The SMILES string of the molecule is CCOC1(c2noc(C3CCCCC3N)n2)CCCCC1. The van der Waals surface area contributed by atoms with Crippen LogP contribution in [0.15, 0.2) is 4.52 Å². The summed E-state index contributed by atoms with van der Waals surface area (Å²) in [5.41, 5.74) is 5.91. The maximum absolute atomic E-state index is 6.23. The average Bonchev–Trinajstić information content (AvgIpc) is 2.99. The molecular weight excluding hydrogens is 266 g/mol. The van der Waals surface area contributed by atoms with Gasteiger partial charge in [0, 0.05) is 12.6 Å². The highest BCUT2D eigenvalue weighted by Crippen LogP contribution is 2.40. The molecule has 5 nitrogen and oxygen atoms in total. The van der Waals surface area contributed by atoms with Gasteiger partial charge in [-0.1, -0.05) is 37.3 Å². The second-order valence-electron chi connectivity index (χ2n) is 6.50. The van der Waals surface area contributed by atoms with Crippen LogP contribution in [0.4, 0.5) is 0 Å². The third-order valence-corrected chi connectivity index (χ3v) is 5.07. The van der Waals surface area contributed by atoms with Crippen molar-refractivity contribution in [1.82, 2.24) is 10.1 Å². The van der Waals surface area contributed by atoms with Crippen LogP contribution in [-0.4, -0.2) is 22.8 Å². The Kier molecular flexibility index (Phi) is 4.60. The molecule has 2 unspecified atom stereocenters. The molecule has 0 aromatic carbocycles. The number of nitrogens with two attached hydrogens (primary N) is 1. The molecule has 1 aromatic heterocycles. The number of nitrogens with zero attached hydrogens (tertiary/aromatic N) is 2. The Balaban J connectivity index is 1.81. The van der Waals surface area contributed by atoms with Gasteiger partial charge in [0.25, 0.3) is 0 Å². The van der Waals surface area contributed by atoms with Crippen LogP contribution in [0.3, 0.4) is 0 Å². The molecule has 2 N–H and O–H groups in total. The second kappa shape index (κ2) is 6.44. The van der Waals surface area contributed by atoms with E-state index in [2.05, 4.69) is 5.16 Å². The molecule has 0 bridgehead atoms. The normalized spacial score (nSPS) is 29.4. The van der Waals surface area contributed by atoms with Crippen molar-refractivity contribution in [3.8, 4) is 0 Å². The summed E-state index contributed by atoms with van der Waals surface area (Å²) in [5.74, 6) is 1.70. The molecule has 1 aromatic rings. The number of hydrogen-bond acceptors (Lipinski definition) is 5. The molecule has 0 aliphatic heterocycles. The standard InChI is InChI=1S/C16H27N3O2/c1-2-20-16(10-6-3-7-11-16)15-18-14(21-19-15)12-8-4-5-9-13(12)17/h12-13H,2-11,17H2,1H3. The van der Waals surface area contributed by atoms with E-state index in [1.165, 1.54) is 32.1 Å². The predicted molar refractivity (Wildman–Crippen MR) is 79.9 cm³/mol. The molecule has 118 valence electrons. The van der Waals surface area contributed by atoms with E-state index < -0.39 is 0 Å². The van der Waals surface area contributed by atoms with Gasteiger partial charge in [0.05, 0.1) is 5.92 Å². The molecule has 0 amide bonds. The average molecular weight is 293 g/mol.